The van der Waals surface area contributed by atoms with Gasteiger partial charge in [0.25, 0.3) is 10.0 Å². The number of nitrogens with one attached hydrogen (secondary N) is 1. The van der Waals surface area contributed by atoms with Crippen molar-refractivity contribution in [1.82, 2.24) is 4.98 Å². The predicted molar refractivity (Wildman–Crippen MR) is 139 cm³/mol. The van der Waals surface area contributed by atoms with Crippen molar-refractivity contribution >= 4 is 32.3 Å². The highest BCUT2D eigenvalue weighted by molar-refractivity contribution is 7.92. The first-order chi connectivity index (χ1) is 16.5. The molecule has 5 rings (SSSR count). The fraction of sp³-hybridized carbons (Fsp3) is 0.250. The molecule has 1 saturated heterocycles. The van der Waals surface area contributed by atoms with Gasteiger partial charge >= 0.3 is 0 Å². The maximum atomic E-state index is 13.0. The predicted octanol–water partition coefficient (Wildman–Crippen LogP) is 5.80. The van der Waals surface area contributed by atoms with Gasteiger partial charge in [-0.3, -0.25) is 9.71 Å². The lowest BCUT2D eigenvalue weighted by Gasteiger charge is -2.34. The van der Waals surface area contributed by atoms with Crippen LogP contribution in [0.2, 0.25) is 0 Å². The highest BCUT2D eigenvalue weighted by Gasteiger charge is 2.23. The Morgan fingerprint density at radius 2 is 1.65 bits per heavy atom. The van der Waals surface area contributed by atoms with Gasteiger partial charge in [0.05, 0.1) is 16.1 Å². The van der Waals surface area contributed by atoms with Crippen LogP contribution in [0.15, 0.2) is 90.0 Å². The second-order valence-electron chi connectivity index (χ2n) is 9.07. The van der Waals surface area contributed by atoms with Gasteiger partial charge < -0.3 is 4.90 Å². The van der Waals surface area contributed by atoms with Gasteiger partial charge in [0.2, 0.25) is 0 Å². The van der Waals surface area contributed by atoms with Crippen molar-refractivity contribution in [1.29, 1.82) is 0 Å². The van der Waals surface area contributed by atoms with E-state index in [1.807, 2.05) is 31.2 Å². The molecule has 3 aromatic carbocycles. The quantitative estimate of drug-likeness (QED) is 0.386. The van der Waals surface area contributed by atoms with Crippen LogP contribution in [0.25, 0.3) is 10.9 Å². The minimum atomic E-state index is -3.70. The number of hydrogen-bond acceptors (Lipinski definition) is 4. The normalized spacial score (nSPS) is 14.9. The number of nitrogens with zero attached hydrogens (tertiary/aromatic N) is 2. The first-order valence-corrected chi connectivity index (χ1v) is 13.2. The average Bonchev–Trinajstić information content (AvgIpc) is 2.86. The molecule has 4 aromatic rings. The zero-order chi connectivity index (χ0) is 23.5. The number of aromatic nitrogens is 1. The van der Waals surface area contributed by atoms with Gasteiger partial charge in [0.15, 0.2) is 0 Å². The molecule has 6 heteroatoms. The molecule has 0 radical (unpaired) electrons. The Balaban J connectivity index is 1.36. The summed E-state index contributed by atoms with van der Waals surface area (Å²) in [6.45, 7) is 3.90. The molecule has 0 unspecified atom stereocenters. The van der Waals surface area contributed by atoms with Gasteiger partial charge in [0.1, 0.15) is 0 Å². The molecule has 2 heterocycles. The Morgan fingerprint density at radius 3 is 2.38 bits per heavy atom. The van der Waals surface area contributed by atoms with Crippen LogP contribution in [0.4, 0.5) is 11.4 Å². The van der Waals surface area contributed by atoms with E-state index in [2.05, 4.69) is 44.9 Å². The minimum Gasteiger partial charge on any atom is -0.371 e. The van der Waals surface area contributed by atoms with Gasteiger partial charge in [-0.15, -0.1) is 0 Å². The summed E-state index contributed by atoms with van der Waals surface area (Å²) in [4.78, 5) is 7.19. The summed E-state index contributed by atoms with van der Waals surface area (Å²) in [7, 11) is -3.70. The van der Waals surface area contributed by atoms with Crippen molar-refractivity contribution in [2.75, 3.05) is 22.7 Å². The van der Waals surface area contributed by atoms with Crippen LogP contribution in [0.3, 0.4) is 0 Å². The monoisotopic (exact) mass is 471 g/mol. The summed E-state index contributed by atoms with van der Waals surface area (Å²) in [5, 5.41) is 0.966. The maximum Gasteiger partial charge on any atom is 0.261 e. The topological polar surface area (TPSA) is 62.3 Å². The van der Waals surface area contributed by atoms with E-state index in [1.54, 1.807) is 30.5 Å². The number of fused-ring (bicyclic) bond motifs is 1. The molecule has 1 aromatic heterocycles. The third-order valence-electron chi connectivity index (χ3n) is 6.64. The van der Waals surface area contributed by atoms with Gasteiger partial charge in [-0.05, 0) is 74.1 Å². The maximum absolute atomic E-state index is 13.0. The lowest BCUT2D eigenvalue weighted by atomic mass is 9.90. The average molecular weight is 472 g/mol. The van der Waals surface area contributed by atoms with Gasteiger partial charge in [0, 0.05) is 30.4 Å². The van der Waals surface area contributed by atoms with Crippen molar-refractivity contribution in [3.63, 3.8) is 0 Å². The Bertz CT molecular complexity index is 1380. The Morgan fingerprint density at radius 1 is 0.912 bits per heavy atom. The van der Waals surface area contributed by atoms with E-state index >= 15 is 0 Å². The van der Waals surface area contributed by atoms with Crippen LogP contribution in [-0.4, -0.2) is 26.5 Å². The fourth-order valence-electron chi connectivity index (χ4n) is 4.76. The third-order valence-corrected chi connectivity index (χ3v) is 8.03. The highest BCUT2D eigenvalue weighted by Crippen LogP contribution is 2.34. The molecule has 0 amide bonds. The van der Waals surface area contributed by atoms with E-state index in [0.29, 0.717) is 17.1 Å². The minimum absolute atomic E-state index is 0.242. The molecule has 0 bridgehead atoms. The Kier molecular flexibility index (Phi) is 6.24. The number of hydrogen-bond donors (Lipinski definition) is 1. The second kappa shape index (κ2) is 9.47. The number of piperidine rings is 1. The smallest absolute Gasteiger partial charge is 0.261 e. The fourth-order valence-corrected chi connectivity index (χ4v) is 5.83. The van der Waals surface area contributed by atoms with Crippen molar-refractivity contribution in [2.24, 2.45) is 5.92 Å². The van der Waals surface area contributed by atoms with Crippen LogP contribution in [0, 0.1) is 12.8 Å². The summed E-state index contributed by atoms with van der Waals surface area (Å²) in [6, 6.07) is 25.4. The molecule has 1 fully saturated rings. The van der Waals surface area contributed by atoms with Gasteiger partial charge in [-0.25, -0.2) is 8.42 Å². The van der Waals surface area contributed by atoms with Crippen molar-refractivity contribution in [3.8, 4) is 0 Å². The van der Waals surface area contributed by atoms with E-state index in [4.69, 9.17) is 0 Å². The number of sulfonamides is 1. The molecule has 0 atom stereocenters. The molecule has 0 saturated carbocycles. The highest BCUT2D eigenvalue weighted by atomic mass is 32.2. The Labute approximate surface area is 201 Å². The van der Waals surface area contributed by atoms with Crippen LogP contribution in [-0.2, 0) is 16.4 Å². The second-order valence-corrected chi connectivity index (χ2v) is 10.8. The molecular weight excluding hydrogens is 442 g/mol. The summed E-state index contributed by atoms with van der Waals surface area (Å²) < 4.78 is 28.7. The van der Waals surface area contributed by atoms with E-state index in [0.717, 1.165) is 49.0 Å². The lowest BCUT2D eigenvalue weighted by Crippen LogP contribution is -2.34. The van der Waals surface area contributed by atoms with Gasteiger partial charge in [-0.2, -0.15) is 0 Å². The van der Waals surface area contributed by atoms with Crippen LogP contribution < -0.4 is 9.62 Å². The molecular formula is C28H29N3O2S. The molecule has 174 valence electrons. The third kappa shape index (κ3) is 4.77. The van der Waals surface area contributed by atoms with E-state index < -0.39 is 10.0 Å². The number of rotatable bonds is 6. The Hall–Kier alpha value is -3.38. The molecule has 5 nitrogen and oxygen atoms in total. The van der Waals surface area contributed by atoms with Crippen molar-refractivity contribution < 1.29 is 8.42 Å². The van der Waals surface area contributed by atoms with Crippen molar-refractivity contribution in [3.05, 3.63) is 96.2 Å². The zero-order valence-electron chi connectivity index (χ0n) is 19.3. The van der Waals surface area contributed by atoms with E-state index in [9.17, 15) is 8.42 Å². The number of anilines is 2. The molecule has 0 aliphatic carbocycles. The van der Waals surface area contributed by atoms with Crippen LogP contribution in [0.5, 0.6) is 0 Å². The molecule has 1 aliphatic heterocycles. The number of aryl methyl sites for hydroxylation is 1. The summed E-state index contributed by atoms with van der Waals surface area (Å²) >= 11 is 0. The summed E-state index contributed by atoms with van der Waals surface area (Å²) in [5.74, 6) is 0.684. The number of benzene rings is 3. The first-order valence-electron chi connectivity index (χ1n) is 11.8. The van der Waals surface area contributed by atoms with Crippen LogP contribution in [0.1, 0.15) is 24.0 Å². The standard InChI is InChI=1S/C28H29N3O2S/c1-21-9-11-24(12-10-21)34(32,33)30-26-13-14-27(25-8-5-17-29-28(25)26)31-18-15-23(16-19-31)20-22-6-3-2-4-7-22/h2-14,17,23,30H,15-16,18-20H2,1H3. The van der Waals surface area contributed by atoms with E-state index in [-0.39, 0.29) is 4.90 Å². The van der Waals surface area contributed by atoms with Crippen LogP contribution >= 0.6 is 0 Å². The van der Waals surface area contributed by atoms with Gasteiger partial charge in [-0.1, -0.05) is 48.0 Å². The van der Waals surface area contributed by atoms with E-state index in [1.165, 1.54) is 5.56 Å². The zero-order valence-corrected chi connectivity index (χ0v) is 20.1. The lowest BCUT2D eigenvalue weighted by molar-refractivity contribution is 0.404. The molecule has 1 N–H and O–H groups in total. The number of pyridine rings is 1. The molecule has 0 spiro atoms. The largest absolute Gasteiger partial charge is 0.371 e. The van der Waals surface area contributed by atoms with Crippen molar-refractivity contribution in [2.45, 2.75) is 31.1 Å². The molecule has 34 heavy (non-hydrogen) atoms. The molecule has 1 aliphatic rings. The SMILES string of the molecule is Cc1ccc(S(=O)(=O)Nc2ccc(N3CCC(Cc4ccccc4)CC3)c3cccnc23)cc1. The summed E-state index contributed by atoms with van der Waals surface area (Å²) in [6.07, 6.45) is 5.11. The first kappa shape index (κ1) is 22.4. The summed E-state index contributed by atoms with van der Waals surface area (Å²) in [5.41, 5.74) is 4.70.